The summed E-state index contributed by atoms with van der Waals surface area (Å²) in [5.74, 6) is 0.415. The van der Waals surface area contributed by atoms with Crippen LogP contribution in [0.3, 0.4) is 0 Å². The Labute approximate surface area is 138 Å². The lowest BCUT2D eigenvalue weighted by Crippen LogP contribution is -2.44. The van der Waals surface area contributed by atoms with Crippen molar-refractivity contribution in [3.8, 4) is 0 Å². The van der Waals surface area contributed by atoms with Crippen LogP contribution in [0.15, 0.2) is 30.3 Å². The summed E-state index contributed by atoms with van der Waals surface area (Å²) in [7, 11) is 0. The summed E-state index contributed by atoms with van der Waals surface area (Å²) in [5.41, 5.74) is 1.36. The van der Waals surface area contributed by atoms with Crippen LogP contribution in [-0.4, -0.2) is 42.6 Å². The average molecular weight is 314 g/mol. The lowest BCUT2D eigenvalue weighted by molar-refractivity contribution is -0.126. The first kappa shape index (κ1) is 15.2. The van der Waals surface area contributed by atoms with Gasteiger partial charge in [0.05, 0.1) is 5.92 Å². The molecule has 3 aliphatic rings. The SMILES string of the molecule is O=C(NC1CCOCC1)[C@H]1C[C@@H](c2ccccc2)N2CCC[C@H]12. The van der Waals surface area contributed by atoms with Crippen LogP contribution in [0.5, 0.6) is 0 Å². The number of rotatable bonds is 3. The first-order valence-corrected chi connectivity index (χ1v) is 9.02. The second kappa shape index (κ2) is 6.62. The third kappa shape index (κ3) is 3.02. The molecule has 3 heterocycles. The van der Waals surface area contributed by atoms with Crippen LogP contribution in [0, 0.1) is 5.92 Å². The van der Waals surface area contributed by atoms with Gasteiger partial charge in [-0.25, -0.2) is 0 Å². The molecule has 3 fully saturated rings. The Balaban J connectivity index is 1.47. The van der Waals surface area contributed by atoms with Crippen molar-refractivity contribution in [3.05, 3.63) is 35.9 Å². The van der Waals surface area contributed by atoms with Gasteiger partial charge in [-0.3, -0.25) is 9.69 Å². The van der Waals surface area contributed by atoms with E-state index in [2.05, 4.69) is 40.5 Å². The number of hydrogen-bond acceptors (Lipinski definition) is 3. The number of ether oxygens (including phenoxy) is 1. The third-order valence-electron chi connectivity index (χ3n) is 5.77. The lowest BCUT2D eigenvalue weighted by atomic mass is 9.93. The van der Waals surface area contributed by atoms with Crippen molar-refractivity contribution in [3.63, 3.8) is 0 Å². The second-order valence-electron chi connectivity index (χ2n) is 7.11. The molecule has 3 aliphatic heterocycles. The summed E-state index contributed by atoms with van der Waals surface area (Å²) >= 11 is 0. The molecule has 0 unspecified atom stereocenters. The minimum absolute atomic E-state index is 0.144. The zero-order chi connectivity index (χ0) is 15.6. The molecular formula is C19H26N2O2. The van der Waals surface area contributed by atoms with Gasteiger partial charge in [-0.1, -0.05) is 30.3 Å². The Bertz CT molecular complexity index is 542. The van der Waals surface area contributed by atoms with Crippen molar-refractivity contribution < 1.29 is 9.53 Å². The molecule has 0 radical (unpaired) electrons. The van der Waals surface area contributed by atoms with E-state index in [4.69, 9.17) is 4.74 Å². The lowest BCUT2D eigenvalue weighted by Gasteiger charge is -2.26. The predicted molar refractivity (Wildman–Crippen MR) is 89.0 cm³/mol. The van der Waals surface area contributed by atoms with Gasteiger partial charge in [0.25, 0.3) is 0 Å². The predicted octanol–water partition coefficient (Wildman–Crippen LogP) is 2.51. The smallest absolute Gasteiger partial charge is 0.224 e. The third-order valence-corrected chi connectivity index (χ3v) is 5.77. The van der Waals surface area contributed by atoms with Crippen molar-refractivity contribution in [1.82, 2.24) is 10.2 Å². The number of carbonyl (C=O) groups is 1. The number of amides is 1. The van der Waals surface area contributed by atoms with Gasteiger partial charge in [-0.2, -0.15) is 0 Å². The fourth-order valence-electron chi connectivity index (χ4n) is 4.60. The summed E-state index contributed by atoms with van der Waals surface area (Å²) in [4.78, 5) is 15.4. The second-order valence-corrected chi connectivity index (χ2v) is 7.11. The Morgan fingerprint density at radius 1 is 1.13 bits per heavy atom. The van der Waals surface area contributed by atoms with E-state index < -0.39 is 0 Å². The number of carbonyl (C=O) groups excluding carboxylic acids is 1. The van der Waals surface area contributed by atoms with Crippen molar-refractivity contribution in [2.75, 3.05) is 19.8 Å². The average Bonchev–Trinajstić information content (AvgIpc) is 3.18. The maximum atomic E-state index is 12.9. The largest absolute Gasteiger partial charge is 0.381 e. The van der Waals surface area contributed by atoms with E-state index >= 15 is 0 Å². The number of nitrogens with zero attached hydrogens (tertiary/aromatic N) is 1. The van der Waals surface area contributed by atoms with Gasteiger partial charge in [-0.15, -0.1) is 0 Å². The van der Waals surface area contributed by atoms with E-state index in [1.54, 1.807) is 0 Å². The monoisotopic (exact) mass is 314 g/mol. The molecule has 0 saturated carbocycles. The van der Waals surface area contributed by atoms with E-state index in [1.165, 1.54) is 12.0 Å². The molecule has 1 amide bonds. The number of nitrogens with one attached hydrogen (secondary N) is 1. The molecule has 0 spiro atoms. The Morgan fingerprint density at radius 2 is 1.91 bits per heavy atom. The zero-order valence-electron chi connectivity index (χ0n) is 13.6. The molecule has 124 valence electrons. The van der Waals surface area contributed by atoms with Gasteiger partial charge >= 0.3 is 0 Å². The van der Waals surface area contributed by atoms with Crippen LogP contribution in [0.1, 0.15) is 43.7 Å². The standard InChI is InChI=1S/C19H26N2O2/c22-19(20-15-8-11-23-12-9-15)16-13-18(14-5-2-1-3-6-14)21-10-4-7-17(16)21/h1-3,5-6,15-18H,4,7-13H2,(H,20,22)/t16-,17+,18-/m0/s1. The highest BCUT2D eigenvalue weighted by atomic mass is 16.5. The Kier molecular flexibility index (Phi) is 4.36. The summed E-state index contributed by atoms with van der Waals surface area (Å²) in [6.07, 6.45) is 5.25. The first-order chi connectivity index (χ1) is 11.3. The van der Waals surface area contributed by atoms with Crippen molar-refractivity contribution in [2.24, 2.45) is 5.92 Å². The highest BCUT2D eigenvalue weighted by Crippen LogP contribution is 2.44. The Hall–Kier alpha value is -1.39. The molecule has 4 heteroatoms. The van der Waals surface area contributed by atoms with E-state index in [1.807, 2.05) is 0 Å². The van der Waals surface area contributed by atoms with Gasteiger partial charge in [0.1, 0.15) is 0 Å². The molecular weight excluding hydrogens is 288 g/mol. The molecule has 4 nitrogen and oxygen atoms in total. The minimum atomic E-state index is 0.144. The van der Waals surface area contributed by atoms with Crippen LogP contribution < -0.4 is 5.32 Å². The van der Waals surface area contributed by atoms with Crippen LogP contribution in [0.4, 0.5) is 0 Å². The van der Waals surface area contributed by atoms with Gasteiger partial charge in [0.2, 0.25) is 5.91 Å². The number of benzene rings is 1. The fourth-order valence-corrected chi connectivity index (χ4v) is 4.60. The molecule has 3 atom stereocenters. The van der Waals surface area contributed by atoms with Crippen molar-refractivity contribution in [1.29, 1.82) is 0 Å². The molecule has 1 aromatic carbocycles. The molecule has 4 rings (SSSR count). The topological polar surface area (TPSA) is 41.6 Å². The molecule has 0 aliphatic carbocycles. The number of hydrogen-bond donors (Lipinski definition) is 1. The van der Waals surface area contributed by atoms with E-state index in [0.29, 0.717) is 18.1 Å². The Morgan fingerprint density at radius 3 is 2.70 bits per heavy atom. The molecule has 1 N–H and O–H groups in total. The zero-order valence-corrected chi connectivity index (χ0v) is 13.6. The fraction of sp³-hybridized carbons (Fsp3) is 0.632. The van der Waals surface area contributed by atoms with E-state index in [9.17, 15) is 4.79 Å². The van der Waals surface area contributed by atoms with E-state index in [-0.39, 0.29) is 11.8 Å². The van der Waals surface area contributed by atoms with Crippen LogP contribution in [0.2, 0.25) is 0 Å². The highest BCUT2D eigenvalue weighted by molar-refractivity contribution is 5.80. The maximum Gasteiger partial charge on any atom is 0.224 e. The molecule has 0 bridgehead atoms. The summed E-state index contributed by atoms with van der Waals surface area (Å²) in [6, 6.07) is 11.8. The van der Waals surface area contributed by atoms with Crippen molar-refractivity contribution in [2.45, 2.75) is 50.2 Å². The van der Waals surface area contributed by atoms with Crippen LogP contribution in [-0.2, 0) is 9.53 Å². The molecule has 0 aromatic heterocycles. The van der Waals surface area contributed by atoms with Crippen LogP contribution in [0.25, 0.3) is 0 Å². The van der Waals surface area contributed by atoms with Crippen molar-refractivity contribution >= 4 is 5.91 Å². The maximum absolute atomic E-state index is 12.9. The molecule has 1 aromatic rings. The van der Waals surface area contributed by atoms with E-state index in [0.717, 1.165) is 45.4 Å². The van der Waals surface area contributed by atoms with Gasteiger partial charge in [0, 0.05) is 31.3 Å². The first-order valence-electron chi connectivity index (χ1n) is 9.02. The van der Waals surface area contributed by atoms with Gasteiger partial charge < -0.3 is 10.1 Å². The van der Waals surface area contributed by atoms with Crippen LogP contribution >= 0.6 is 0 Å². The summed E-state index contributed by atoms with van der Waals surface area (Å²) < 4.78 is 5.39. The quantitative estimate of drug-likeness (QED) is 0.932. The number of fused-ring (bicyclic) bond motifs is 1. The molecule has 3 saturated heterocycles. The molecule has 23 heavy (non-hydrogen) atoms. The highest BCUT2D eigenvalue weighted by Gasteiger charge is 2.47. The normalized spacial score (nSPS) is 31.9. The summed E-state index contributed by atoms with van der Waals surface area (Å²) in [6.45, 7) is 2.68. The minimum Gasteiger partial charge on any atom is -0.381 e. The van der Waals surface area contributed by atoms with Gasteiger partial charge in [-0.05, 0) is 44.2 Å². The summed E-state index contributed by atoms with van der Waals surface area (Å²) in [5, 5.41) is 3.30. The van der Waals surface area contributed by atoms with Gasteiger partial charge in [0.15, 0.2) is 0 Å².